The van der Waals surface area contributed by atoms with Crippen LogP contribution in [0, 0.1) is 0 Å². The van der Waals surface area contributed by atoms with Crippen LogP contribution in [0.3, 0.4) is 0 Å². The molecule has 1 aliphatic rings. The number of ether oxygens (including phenoxy) is 2. The summed E-state index contributed by atoms with van der Waals surface area (Å²) in [5.74, 6) is 1.63. The number of methoxy groups -OCH3 is 1. The summed E-state index contributed by atoms with van der Waals surface area (Å²) >= 11 is 0. The lowest BCUT2D eigenvalue weighted by molar-refractivity contribution is 0.315. The van der Waals surface area contributed by atoms with Gasteiger partial charge >= 0.3 is 0 Å². The van der Waals surface area contributed by atoms with Crippen LogP contribution < -0.4 is 4.74 Å². The number of nitrogens with zero attached hydrogens (tertiary/aromatic N) is 1. The first-order valence-electron chi connectivity index (χ1n) is 8.74. The van der Waals surface area contributed by atoms with Crippen molar-refractivity contribution in [1.29, 1.82) is 0 Å². The molecule has 1 aromatic carbocycles. The van der Waals surface area contributed by atoms with Crippen molar-refractivity contribution in [3.05, 3.63) is 29.8 Å². The Morgan fingerprint density at radius 3 is 2.17 bits per heavy atom. The molecule has 1 atom stereocenters. The van der Waals surface area contributed by atoms with E-state index in [1.54, 1.807) is 7.11 Å². The lowest BCUT2D eigenvalue weighted by Gasteiger charge is -2.42. The maximum atomic E-state index is 5.85. The highest BCUT2D eigenvalue weighted by atomic mass is 31.1. The van der Waals surface area contributed by atoms with E-state index in [0.717, 1.165) is 23.6 Å². The molecule has 3 nitrogen and oxygen atoms in total. The van der Waals surface area contributed by atoms with E-state index in [0.29, 0.717) is 16.9 Å². The Hall–Kier alpha value is -1.08. The largest absolute Gasteiger partial charge is 0.497 e. The zero-order chi connectivity index (χ0) is 18.0. The topological polar surface area (TPSA) is 30.8 Å². The minimum absolute atomic E-state index is 0.0754. The van der Waals surface area contributed by atoms with Crippen LogP contribution in [0.4, 0.5) is 0 Å². The Kier molecular flexibility index (Phi) is 5.96. The van der Waals surface area contributed by atoms with E-state index in [4.69, 9.17) is 14.5 Å². The Labute approximate surface area is 148 Å². The standard InChI is InChI=1S/C20H32NO2P/c1-19(2,3)24(20(4,5)6)13-12-16-14-23-18(21-16)15-8-10-17(22-7)11-9-15/h8-11,16H,12-14H2,1-7H3/t16-/m1/s1. The number of hydrogen-bond donors (Lipinski definition) is 0. The average molecular weight is 349 g/mol. The molecule has 0 saturated carbocycles. The molecule has 0 unspecified atom stereocenters. The van der Waals surface area contributed by atoms with Crippen molar-refractivity contribution in [1.82, 2.24) is 0 Å². The van der Waals surface area contributed by atoms with Gasteiger partial charge in [0.15, 0.2) is 0 Å². The first-order chi connectivity index (χ1) is 11.1. The van der Waals surface area contributed by atoms with Gasteiger partial charge in [0.1, 0.15) is 12.4 Å². The van der Waals surface area contributed by atoms with Crippen LogP contribution in [-0.4, -0.2) is 42.1 Å². The molecule has 0 N–H and O–H groups in total. The molecular weight excluding hydrogens is 317 g/mol. The van der Waals surface area contributed by atoms with Gasteiger partial charge in [-0.15, -0.1) is 0 Å². The van der Waals surface area contributed by atoms with Gasteiger partial charge in [0.2, 0.25) is 5.90 Å². The van der Waals surface area contributed by atoms with Crippen molar-refractivity contribution < 1.29 is 9.47 Å². The lowest BCUT2D eigenvalue weighted by atomic mass is 10.2. The Morgan fingerprint density at radius 1 is 1.08 bits per heavy atom. The molecule has 0 amide bonds. The minimum Gasteiger partial charge on any atom is -0.497 e. The van der Waals surface area contributed by atoms with Gasteiger partial charge in [-0.2, -0.15) is 0 Å². The molecule has 0 aromatic heterocycles. The predicted octanol–water partition coefficient (Wildman–Crippen LogP) is 5.31. The molecule has 0 fully saturated rings. The highest BCUT2D eigenvalue weighted by Crippen LogP contribution is 2.59. The molecule has 0 saturated heterocycles. The van der Waals surface area contributed by atoms with Crippen LogP contribution in [0.25, 0.3) is 0 Å². The third kappa shape index (κ3) is 4.96. The first kappa shape index (κ1) is 19.2. The van der Waals surface area contributed by atoms with Crippen molar-refractivity contribution >= 4 is 13.8 Å². The second-order valence-corrected chi connectivity index (χ2v) is 12.4. The highest BCUT2D eigenvalue weighted by molar-refractivity contribution is 7.60. The zero-order valence-electron chi connectivity index (χ0n) is 16.2. The van der Waals surface area contributed by atoms with Gasteiger partial charge in [-0.05, 0) is 47.2 Å². The number of hydrogen-bond acceptors (Lipinski definition) is 3. The molecule has 134 valence electrons. The maximum Gasteiger partial charge on any atom is 0.216 e. The molecule has 4 heteroatoms. The van der Waals surface area contributed by atoms with Crippen LogP contribution in [-0.2, 0) is 4.74 Å². The van der Waals surface area contributed by atoms with Gasteiger partial charge in [0.05, 0.1) is 13.2 Å². The third-order valence-electron chi connectivity index (χ3n) is 4.35. The van der Waals surface area contributed by atoms with Gasteiger partial charge in [0.25, 0.3) is 0 Å². The maximum absolute atomic E-state index is 5.85. The fraction of sp³-hybridized carbons (Fsp3) is 0.650. The summed E-state index contributed by atoms with van der Waals surface area (Å²) < 4.78 is 11.0. The van der Waals surface area contributed by atoms with Crippen LogP contribution in [0.5, 0.6) is 5.75 Å². The summed E-state index contributed by atoms with van der Waals surface area (Å²) in [5.41, 5.74) is 1.03. The van der Waals surface area contributed by atoms with Crippen LogP contribution in [0.2, 0.25) is 0 Å². The second-order valence-electron chi connectivity index (χ2n) is 8.41. The molecule has 0 aliphatic carbocycles. The minimum atomic E-state index is -0.0754. The van der Waals surface area contributed by atoms with Crippen molar-refractivity contribution in [2.45, 2.75) is 64.3 Å². The van der Waals surface area contributed by atoms with Gasteiger partial charge < -0.3 is 9.47 Å². The van der Waals surface area contributed by atoms with E-state index in [1.165, 1.54) is 6.16 Å². The smallest absolute Gasteiger partial charge is 0.216 e. The van der Waals surface area contributed by atoms with E-state index >= 15 is 0 Å². The fourth-order valence-corrected chi connectivity index (χ4v) is 7.32. The molecule has 2 rings (SSSR count). The van der Waals surface area contributed by atoms with Crippen molar-refractivity contribution in [2.75, 3.05) is 19.9 Å². The Balaban J connectivity index is 2.00. The zero-order valence-corrected chi connectivity index (χ0v) is 17.1. The molecule has 1 aromatic rings. The second kappa shape index (κ2) is 7.44. The summed E-state index contributed by atoms with van der Waals surface area (Å²) in [6.45, 7) is 15.0. The van der Waals surface area contributed by atoms with Crippen molar-refractivity contribution in [3.8, 4) is 5.75 Å². The average Bonchev–Trinajstić information content (AvgIpc) is 2.93. The van der Waals surface area contributed by atoms with Crippen molar-refractivity contribution in [3.63, 3.8) is 0 Å². The quantitative estimate of drug-likeness (QED) is 0.675. The molecule has 0 bridgehead atoms. The molecule has 24 heavy (non-hydrogen) atoms. The summed E-state index contributed by atoms with van der Waals surface area (Å²) in [7, 11) is 1.60. The first-order valence-corrected chi connectivity index (χ1v) is 10.3. The number of aliphatic imine (C=N–C) groups is 1. The highest BCUT2D eigenvalue weighted by Gasteiger charge is 2.34. The summed E-state index contributed by atoms with van der Waals surface area (Å²) in [5, 5.41) is 0.741. The Bertz CT molecular complexity index is 553. The lowest BCUT2D eigenvalue weighted by Crippen LogP contribution is -2.27. The van der Waals surface area contributed by atoms with Gasteiger partial charge in [0, 0.05) is 5.56 Å². The SMILES string of the molecule is COc1ccc(C2=N[C@H](CCP(C(C)(C)C)C(C)(C)C)CO2)cc1. The van der Waals surface area contributed by atoms with E-state index in [1.807, 2.05) is 24.3 Å². The molecule has 1 heterocycles. The molecule has 0 radical (unpaired) electrons. The monoisotopic (exact) mass is 349 g/mol. The van der Waals surface area contributed by atoms with E-state index < -0.39 is 0 Å². The van der Waals surface area contributed by atoms with Crippen LogP contribution in [0.1, 0.15) is 53.5 Å². The van der Waals surface area contributed by atoms with E-state index in [-0.39, 0.29) is 14.0 Å². The van der Waals surface area contributed by atoms with Gasteiger partial charge in [-0.1, -0.05) is 49.5 Å². The summed E-state index contributed by atoms with van der Waals surface area (Å²) in [6, 6.07) is 8.21. The summed E-state index contributed by atoms with van der Waals surface area (Å²) in [4.78, 5) is 4.81. The number of rotatable bonds is 5. The van der Waals surface area contributed by atoms with Gasteiger partial charge in [-0.3, -0.25) is 0 Å². The van der Waals surface area contributed by atoms with Crippen LogP contribution >= 0.6 is 7.92 Å². The molecular formula is C20H32NO2P. The normalized spacial score (nSPS) is 18.5. The predicted molar refractivity (Wildman–Crippen MR) is 105 cm³/mol. The van der Waals surface area contributed by atoms with E-state index in [9.17, 15) is 0 Å². The fourth-order valence-electron chi connectivity index (χ4n) is 3.41. The molecule has 0 spiro atoms. The number of benzene rings is 1. The third-order valence-corrected chi connectivity index (χ3v) is 8.30. The van der Waals surface area contributed by atoms with Gasteiger partial charge in [-0.25, -0.2) is 4.99 Å². The summed E-state index contributed by atoms with van der Waals surface area (Å²) in [6.07, 6.45) is 2.36. The van der Waals surface area contributed by atoms with Crippen LogP contribution in [0.15, 0.2) is 29.3 Å². The van der Waals surface area contributed by atoms with E-state index in [2.05, 4.69) is 41.5 Å². The molecule has 1 aliphatic heterocycles. The Morgan fingerprint density at radius 2 is 1.67 bits per heavy atom. The van der Waals surface area contributed by atoms with Crippen molar-refractivity contribution in [2.24, 2.45) is 4.99 Å².